The summed E-state index contributed by atoms with van der Waals surface area (Å²) in [6.45, 7) is 3.78. The minimum Gasteiger partial charge on any atom is -0.507 e. The van der Waals surface area contributed by atoms with Crippen molar-refractivity contribution in [3.8, 4) is 5.75 Å². The molecule has 0 fully saturated rings. The predicted molar refractivity (Wildman–Crippen MR) is 98.3 cm³/mol. The molecule has 7 heteroatoms. The van der Waals surface area contributed by atoms with Gasteiger partial charge in [-0.25, -0.2) is 0 Å². The first-order valence-corrected chi connectivity index (χ1v) is 7.67. The molecule has 130 valence electrons. The quantitative estimate of drug-likeness (QED) is 0.484. The molecule has 0 aliphatic carbocycles. The van der Waals surface area contributed by atoms with Crippen LogP contribution in [0, 0.1) is 10.1 Å². The van der Waals surface area contributed by atoms with Crippen molar-refractivity contribution in [2.45, 2.75) is 0 Å². The molecule has 0 bridgehead atoms. The highest BCUT2D eigenvalue weighted by Gasteiger charge is 2.13. The Morgan fingerprint density at radius 1 is 1.00 bits per heavy atom. The maximum absolute atomic E-state index is 12.3. The number of rotatable bonds is 5. The second-order valence-electron chi connectivity index (χ2n) is 5.58. The van der Waals surface area contributed by atoms with Gasteiger partial charge >= 0.3 is 0 Å². The molecule has 1 amide bonds. The Bertz CT molecular complexity index is 1010. The minimum absolute atomic E-state index is 0.0355. The first kappa shape index (κ1) is 17.0. The van der Waals surface area contributed by atoms with E-state index >= 15 is 0 Å². The van der Waals surface area contributed by atoms with Gasteiger partial charge in [-0.1, -0.05) is 30.8 Å². The lowest BCUT2D eigenvalue weighted by atomic mass is 10.1. The van der Waals surface area contributed by atoms with E-state index in [-0.39, 0.29) is 17.0 Å². The number of hydrazine groups is 1. The van der Waals surface area contributed by atoms with Gasteiger partial charge in [-0.05, 0) is 40.6 Å². The number of hydrogen-bond donors (Lipinski definition) is 3. The van der Waals surface area contributed by atoms with E-state index in [1.165, 1.54) is 30.3 Å². The van der Waals surface area contributed by atoms with Crippen LogP contribution >= 0.6 is 0 Å². The highest BCUT2D eigenvalue weighted by Crippen LogP contribution is 2.25. The van der Waals surface area contributed by atoms with Crippen molar-refractivity contribution in [1.29, 1.82) is 0 Å². The lowest BCUT2D eigenvalue weighted by Gasteiger charge is -2.12. The molecule has 0 spiro atoms. The number of nitro groups is 1. The number of amides is 1. The molecule has 0 atom stereocenters. The number of aromatic hydroxyl groups is 1. The molecule has 3 aromatic rings. The summed E-state index contributed by atoms with van der Waals surface area (Å²) in [4.78, 5) is 22.5. The highest BCUT2D eigenvalue weighted by molar-refractivity contribution is 6.01. The monoisotopic (exact) mass is 349 g/mol. The lowest BCUT2D eigenvalue weighted by molar-refractivity contribution is -0.384. The van der Waals surface area contributed by atoms with Crippen LogP contribution in [0.3, 0.4) is 0 Å². The van der Waals surface area contributed by atoms with Gasteiger partial charge in [0.15, 0.2) is 0 Å². The van der Waals surface area contributed by atoms with Gasteiger partial charge < -0.3 is 5.11 Å². The number of phenolic OH excluding ortho intramolecular Hbond substituents is 1. The largest absolute Gasteiger partial charge is 0.507 e. The topological polar surface area (TPSA) is 104 Å². The summed E-state index contributed by atoms with van der Waals surface area (Å²) in [5.74, 6) is -0.666. The van der Waals surface area contributed by atoms with Crippen molar-refractivity contribution >= 4 is 28.1 Å². The Hall–Kier alpha value is -3.87. The Labute approximate surface area is 148 Å². The van der Waals surface area contributed by atoms with Gasteiger partial charge in [0.1, 0.15) is 5.75 Å². The first-order chi connectivity index (χ1) is 12.5. The number of non-ortho nitro benzene ring substituents is 1. The van der Waals surface area contributed by atoms with E-state index in [2.05, 4.69) is 17.4 Å². The summed E-state index contributed by atoms with van der Waals surface area (Å²) in [6.07, 6.45) is 0. The van der Waals surface area contributed by atoms with Crippen LogP contribution in [-0.2, 0) is 0 Å². The summed E-state index contributed by atoms with van der Waals surface area (Å²) in [5.41, 5.74) is 6.12. The van der Waals surface area contributed by atoms with E-state index in [9.17, 15) is 20.0 Å². The van der Waals surface area contributed by atoms with Gasteiger partial charge in [-0.15, -0.1) is 0 Å². The van der Waals surface area contributed by atoms with Crippen molar-refractivity contribution in [1.82, 2.24) is 10.9 Å². The van der Waals surface area contributed by atoms with E-state index in [1.807, 2.05) is 24.3 Å². The van der Waals surface area contributed by atoms with Crippen LogP contribution in [0.5, 0.6) is 5.75 Å². The van der Waals surface area contributed by atoms with Crippen LogP contribution in [0.25, 0.3) is 16.5 Å². The maximum atomic E-state index is 12.3. The first-order valence-electron chi connectivity index (χ1n) is 7.67. The zero-order chi connectivity index (χ0) is 18.7. The van der Waals surface area contributed by atoms with Crippen LogP contribution in [-0.4, -0.2) is 15.9 Å². The molecule has 0 radical (unpaired) electrons. The van der Waals surface area contributed by atoms with Gasteiger partial charge in [-0.2, -0.15) is 0 Å². The molecule has 0 heterocycles. The second-order valence-corrected chi connectivity index (χ2v) is 5.58. The third-order valence-corrected chi connectivity index (χ3v) is 3.86. The van der Waals surface area contributed by atoms with Crippen molar-refractivity contribution in [3.05, 3.63) is 88.5 Å². The summed E-state index contributed by atoms with van der Waals surface area (Å²) in [7, 11) is 0. The molecule has 3 rings (SSSR count). The Morgan fingerprint density at radius 2 is 1.62 bits per heavy atom. The summed E-state index contributed by atoms with van der Waals surface area (Å²) < 4.78 is 0. The fourth-order valence-corrected chi connectivity index (χ4v) is 2.47. The van der Waals surface area contributed by atoms with E-state index in [4.69, 9.17) is 0 Å². The molecule has 26 heavy (non-hydrogen) atoms. The molecule has 0 aromatic heterocycles. The molecular weight excluding hydrogens is 334 g/mol. The van der Waals surface area contributed by atoms with Gasteiger partial charge in [0.05, 0.1) is 16.2 Å². The van der Waals surface area contributed by atoms with E-state index < -0.39 is 10.8 Å². The van der Waals surface area contributed by atoms with Crippen LogP contribution in [0.4, 0.5) is 5.69 Å². The number of nitrogens with zero attached hydrogens (tertiary/aromatic N) is 1. The molecule has 0 unspecified atom stereocenters. The van der Waals surface area contributed by atoms with Crippen LogP contribution < -0.4 is 10.9 Å². The lowest BCUT2D eigenvalue weighted by Crippen LogP contribution is -2.35. The predicted octanol–water partition coefficient (Wildman–Crippen LogP) is 3.36. The SMILES string of the molecule is C=C(NNC(=O)c1cc2ccccc2cc1O)c1ccc([N+](=O)[O-])cc1. The van der Waals surface area contributed by atoms with Crippen LogP contribution in [0.1, 0.15) is 15.9 Å². The van der Waals surface area contributed by atoms with Gasteiger partial charge in [0.2, 0.25) is 0 Å². The van der Waals surface area contributed by atoms with E-state index in [0.717, 1.165) is 10.8 Å². The molecule has 3 aromatic carbocycles. The standard InChI is InChI=1S/C19H15N3O4/c1-12(13-6-8-16(9-7-13)22(25)26)20-21-19(24)17-10-14-4-2-3-5-15(14)11-18(17)23/h2-11,20,23H,1H2,(H,21,24). The number of fused-ring (bicyclic) bond motifs is 1. The Kier molecular flexibility index (Phi) is 4.53. The number of carbonyl (C=O) groups is 1. The molecule has 0 saturated heterocycles. The average molecular weight is 349 g/mol. The fourth-order valence-electron chi connectivity index (χ4n) is 2.47. The average Bonchev–Trinajstić information content (AvgIpc) is 2.65. The fraction of sp³-hybridized carbons (Fsp3) is 0. The van der Waals surface area contributed by atoms with Gasteiger partial charge in [0.25, 0.3) is 11.6 Å². The van der Waals surface area contributed by atoms with Crippen molar-refractivity contribution in [2.75, 3.05) is 0 Å². The number of carbonyl (C=O) groups excluding carboxylic acids is 1. The number of hydrogen-bond acceptors (Lipinski definition) is 5. The molecule has 3 N–H and O–H groups in total. The van der Waals surface area contributed by atoms with Gasteiger partial charge in [-0.3, -0.25) is 25.8 Å². The summed E-state index contributed by atoms with van der Waals surface area (Å²) >= 11 is 0. The minimum atomic E-state index is -0.531. The number of nitrogens with one attached hydrogen (secondary N) is 2. The van der Waals surface area contributed by atoms with Crippen molar-refractivity contribution in [2.24, 2.45) is 0 Å². The smallest absolute Gasteiger partial charge is 0.273 e. The van der Waals surface area contributed by atoms with E-state index in [1.54, 1.807) is 6.07 Å². The molecule has 0 saturated carbocycles. The summed E-state index contributed by atoms with van der Waals surface area (Å²) in [6, 6.07) is 16.2. The molecule has 7 nitrogen and oxygen atoms in total. The normalized spacial score (nSPS) is 10.3. The number of nitro benzene ring substituents is 1. The zero-order valence-corrected chi connectivity index (χ0v) is 13.6. The second kappa shape index (κ2) is 6.94. The van der Waals surface area contributed by atoms with Gasteiger partial charge in [0, 0.05) is 12.1 Å². The summed E-state index contributed by atoms with van der Waals surface area (Å²) in [5, 5.41) is 22.4. The van der Waals surface area contributed by atoms with E-state index in [0.29, 0.717) is 11.3 Å². The van der Waals surface area contributed by atoms with Crippen LogP contribution in [0.15, 0.2) is 67.2 Å². The number of phenols is 1. The molecule has 0 aliphatic heterocycles. The Balaban J connectivity index is 1.71. The molecular formula is C19H15N3O4. The third kappa shape index (κ3) is 3.46. The number of benzene rings is 3. The third-order valence-electron chi connectivity index (χ3n) is 3.86. The Morgan fingerprint density at radius 3 is 2.23 bits per heavy atom. The highest BCUT2D eigenvalue weighted by atomic mass is 16.6. The van der Waals surface area contributed by atoms with Crippen molar-refractivity contribution in [3.63, 3.8) is 0 Å². The van der Waals surface area contributed by atoms with Crippen molar-refractivity contribution < 1.29 is 14.8 Å². The maximum Gasteiger partial charge on any atom is 0.273 e. The zero-order valence-electron chi connectivity index (χ0n) is 13.6. The van der Waals surface area contributed by atoms with Crippen LogP contribution in [0.2, 0.25) is 0 Å². The molecule has 0 aliphatic rings.